The van der Waals surface area contributed by atoms with Gasteiger partial charge < -0.3 is 20.1 Å². The van der Waals surface area contributed by atoms with Crippen molar-refractivity contribution in [3.05, 3.63) is 24.5 Å². The van der Waals surface area contributed by atoms with Gasteiger partial charge >= 0.3 is 13.8 Å². The largest absolute Gasteiger partial charge is 0.492 e. The molecule has 9 heteroatoms. The van der Waals surface area contributed by atoms with E-state index in [1.807, 2.05) is 6.08 Å². The number of unbranched alkanes of at least 4 members (excludes halogenated alkanes) is 27. The van der Waals surface area contributed by atoms with Crippen LogP contribution in [0.15, 0.2) is 24.5 Å². The molecule has 0 saturated carbocycles. The van der Waals surface area contributed by atoms with Crippen LogP contribution in [0.5, 0.6) is 0 Å². The van der Waals surface area contributed by atoms with E-state index in [1.54, 1.807) is 6.26 Å². The van der Waals surface area contributed by atoms with Gasteiger partial charge in [0.2, 0.25) is 0 Å². The van der Waals surface area contributed by atoms with Crippen molar-refractivity contribution in [2.75, 3.05) is 26.4 Å². The molecule has 0 rings (SSSR count). The van der Waals surface area contributed by atoms with Gasteiger partial charge in [0.25, 0.3) is 0 Å². The zero-order valence-electron chi connectivity index (χ0n) is 34.1. The first-order valence-electron chi connectivity index (χ1n) is 21.9. The van der Waals surface area contributed by atoms with Gasteiger partial charge in [0.1, 0.15) is 6.61 Å². The van der Waals surface area contributed by atoms with E-state index < -0.39 is 13.9 Å². The molecule has 0 aliphatic heterocycles. The van der Waals surface area contributed by atoms with Crippen molar-refractivity contribution in [3.8, 4) is 0 Å². The zero-order chi connectivity index (χ0) is 38.1. The van der Waals surface area contributed by atoms with Crippen LogP contribution < -0.4 is 5.73 Å². The molecule has 3 N–H and O–H groups in total. The SMILES string of the molecule is CCCCCCCCC=CCCCCCCCCCCCC(=O)OCC(COP(=O)(O)OCCN)OC=CCCCCCCCCCCCCCC. The van der Waals surface area contributed by atoms with Gasteiger partial charge in [-0.15, -0.1) is 0 Å². The Bertz CT molecular complexity index is 853. The molecule has 0 spiro atoms. The van der Waals surface area contributed by atoms with Crippen molar-refractivity contribution < 1.29 is 32.8 Å². The van der Waals surface area contributed by atoms with Gasteiger partial charge in [-0.2, -0.15) is 0 Å². The van der Waals surface area contributed by atoms with Crippen LogP contribution in [-0.2, 0) is 27.9 Å². The molecule has 0 fully saturated rings. The average Bonchev–Trinajstić information content (AvgIpc) is 3.14. The molecular weight excluding hydrogens is 673 g/mol. The summed E-state index contributed by atoms with van der Waals surface area (Å²) in [6.07, 6.45) is 45.8. The van der Waals surface area contributed by atoms with Crippen LogP contribution in [0.25, 0.3) is 0 Å². The summed E-state index contributed by atoms with van der Waals surface area (Å²) in [7, 11) is -4.26. The number of rotatable bonds is 42. The van der Waals surface area contributed by atoms with Crippen LogP contribution in [0.2, 0.25) is 0 Å². The first-order chi connectivity index (χ1) is 25.4. The summed E-state index contributed by atoms with van der Waals surface area (Å²) in [5, 5.41) is 0. The number of esters is 1. The molecule has 0 aromatic heterocycles. The third-order valence-electron chi connectivity index (χ3n) is 9.46. The Morgan fingerprint density at radius 2 is 0.981 bits per heavy atom. The number of phosphoric ester groups is 1. The fourth-order valence-corrected chi connectivity index (χ4v) is 6.92. The molecule has 0 saturated heterocycles. The number of allylic oxidation sites excluding steroid dienone is 3. The van der Waals surface area contributed by atoms with Gasteiger partial charge in [-0.05, 0) is 51.0 Å². The lowest BCUT2D eigenvalue weighted by molar-refractivity contribution is -0.147. The Hall–Kier alpha value is -1.18. The van der Waals surface area contributed by atoms with Crippen LogP contribution in [0.3, 0.4) is 0 Å². The molecule has 0 bridgehead atoms. The second-order valence-corrected chi connectivity index (χ2v) is 16.1. The number of phosphoric acid groups is 1. The Morgan fingerprint density at radius 1 is 0.577 bits per heavy atom. The molecule has 308 valence electrons. The Balaban J connectivity index is 4.02. The molecule has 0 radical (unpaired) electrons. The first kappa shape index (κ1) is 50.8. The van der Waals surface area contributed by atoms with Gasteiger partial charge in [-0.25, -0.2) is 4.57 Å². The minimum absolute atomic E-state index is 0.0619. The smallest absolute Gasteiger partial charge is 0.472 e. The van der Waals surface area contributed by atoms with E-state index in [9.17, 15) is 14.3 Å². The summed E-state index contributed by atoms with van der Waals surface area (Å²) in [6, 6.07) is 0. The predicted octanol–water partition coefficient (Wildman–Crippen LogP) is 13.2. The van der Waals surface area contributed by atoms with Crippen molar-refractivity contribution in [1.82, 2.24) is 0 Å². The number of nitrogens with two attached hydrogens (primary N) is 1. The highest BCUT2D eigenvalue weighted by Crippen LogP contribution is 2.43. The number of carbonyl (C=O) groups is 1. The van der Waals surface area contributed by atoms with Crippen LogP contribution in [-0.4, -0.2) is 43.3 Å². The van der Waals surface area contributed by atoms with Crippen LogP contribution in [0, 0.1) is 0 Å². The van der Waals surface area contributed by atoms with Gasteiger partial charge in [-0.1, -0.05) is 174 Å². The summed E-state index contributed by atoms with van der Waals surface area (Å²) in [5.74, 6) is -0.290. The van der Waals surface area contributed by atoms with E-state index in [2.05, 4.69) is 26.0 Å². The van der Waals surface area contributed by atoms with Crippen molar-refractivity contribution in [3.63, 3.8) is 0 Å². The van der Waals surface area contributed by atoms with Crippen molar-refractivity contribution in [2.24, 2.45) is 5.73 Å². The number of hydrogen-bond acceptors (Lipinski definition) is 7. The number of ether oxygens (including phenoxy) is 2. The average molecular weight is 758 g/mol. The van der Waals surface area contributed by atoms with E-state index in [0.717, 1.165) is 32.1 Å². The summed E-state index contributed by atoms with van der Waals surface area (Å²) < 4.78 is 33.2. The first-order valence-corrected chi connectivity index (χ1v) is 23.4. The fourth-order valence-electron chi connectivity index (χ4n) is 6.15. The molecule has 0 aromatic carbocycles. The molecule has 8 nitrogen and oxygen atoms in total. The summed E-state index contributed by atoms with van der Waals surface area (Å²) in [6.45, 7) is 4.23. The molecule has 0 heterocycles. The van der Waals surface area contributed by atoms with E-state index in [0.29, 0.717) is 6.42 Å². The molecule has 0 aliphatic carbocycles. The zero-order valence-corrected chi connectivity index (χ0v) is 35.0. The summed E-state index contributed by atoms with van der Waals surface area (Å²) in [5.41, 5.74) is 5.36. The maximum atomic E-state index is 12.4. The van der Waals surface area contributed by atoms with Crippen molar-refractivity contribution >= 4 is 13.8 Å². The van der Waals surface area contributed by atoms with E-state index in [-0.39, 0.29) is 32.3 Å². The minimum atomic E-state index is -4.26. The maximum absolute atomic E-state index is 12.4. The van der Waals surface area contributed by atoms with E-state index >= 15 is 0 Å². The second-order valence-electron chi connectivity index (χ2n) is 14.6. The minimum Gasteiger partial charge on any atom is -0.492 e. The second kappa shape index (κ2) is 41.0. The summed E-state index contributed by atoms with van der Waals surface area (Å²) in [4.78, 5) is 22.3. The fraction of sp³-hybridized carbons (Fsp3) is 0.884. The Morgan fingerprint density at radius 3 is 1.42 bits per heavy atom. The van der Waals surface area contributed by atoms with Crippen LogP contribution in [0.1, 0.15) is 213 Å². The lowest BCUT2D eigenvalue weighted by Crippen LogP contribution is -2.25. The monoisotopic (exact) mass is 758 g/mol. The van der Waals surface area contributed by atoms with Crippen LogP contribution >= 0.6 is 7.82 Å². The molecule has 52 heavy (non-hydrogen) atoms. The lowest BCUT2D eigenvalue weighted by atomic mass is 10.0. The summed E-state index contributed by atoms with van der Waals surface area (Å²) >= 11 is 0. The number of carbonyl (C=O) groups excluding carboxylic acids is 1. The van der Waals surface area contributed by atoms with Crippen LogP contribution in [0.4, 0.5) is 0 Å². The Labute approximate surface area is 321 Å². The topological polar surface area (TPSA) is 117 Å². The van der Waals surface area contributed by atoms with Gasteiger partial charge in [0, 0.05) is 13.0 Å². The highest BCUT2D eigenvalue weighted by atomic mass is 31.2. The normalized spacial score (nSPS) is 13.6. The standard InChI is InChI=1S/C43H84NO7P/c1-3-5-7-9-11-13-15-17-19-20-21-22-23-24-26-28-30-32-34-36-43(45)49-40-42(41-51-52(46,47)50-39-37-44)48-38-35-33-31-29-27-25-18-16-14-12-10-8-6-4-2/h17,19,35,38,42H,3-16,18,20-34,36-37,39-41,44H2,1-2H3,(H,46,47). The highest BCUT2D eigenvalue weighted by molar-refractivity contribution is 7.47. The van der Waals surface area contributed by atoms with Gasteiger partial charge in [-0.3, -0.25) is 13.8 Å². The lowest BCUT2D eigenvalue weighted by Gasteiger charge is -2.19. The number of hydrogen-bond donors (Lipinski definition) is 2. The predicted molar refractivity (Wildman–Crippen MR) is 219 cm³/mol. The van der Waals surface area contributed by atoms with Gasteiger partial charge in [0.05, 0.1) is 19.5 Å². The quantitative estimate of drug-likeness (QED) is 0.0208. The molecule has 0 aromatic rings. The maximum Gasteiger partial charge on any atom is 0.472 e. The van der Waals surface area contributed by atoms with Crippen molar-refractivity contribution in [2.45, 2.75) is 219 Å². The third kappa shape index (κ3) is 40.0. The van der Waals surface area contributed by atoms with E-state index in [4.69, 9.17) is 24.3 Å². The third-order valence-corrected chi connectivity index (χ3v) is 10.4. The molecule has 0 amide bonds. The molecular formula is C43H84NO7P. The van der Waals surface area contributed by atoms with Gasteiger partial charge in [0.15, 0.2) is 6.10 Å². The van der Waals surface area contributed by atoms with E-state index in [1.165, 1.54) is 161 Å². The molecule has 2 unspecified atom stereocenters. The van der Waals surface area contributed by atoms with Crippen molar-refractivity contribution in [1.29, 1.82) is 0 Å². The molecule has 0 aliphatic rings. The Kier molecular flexibility index (Phi) is 40.1. The highest BCUT2D eigenvalue weighted by Gasteiger charge is 2.24. The molecule has 2 atom stereocenters.